The average Bonchev–Trinajstić information content (AvgIpc) is 2.66. The molecule has 0 bridgehead atoms. The SMILES string of the molecule is CCN(CC)CCC(N)c1ccc(C)s1. The fourth-order valence-electron chi connectivity index (χ4n) is 1.66. The van der Waals surface area contributed by atoms with E-state index in [9.17, 15) is 0 Å². The molecule has 1 atom stereocenters. The number of nitrogens with two attached hydrogens (primary N) is 1. The molecule has 86 valence electrons. The summed E-state index contributed by atoms with van der Waals surface area (Å²) in [5.41, 5.74) is 6.15. The molecular weight excluding hydrogens is 204 g/mol. The first-order valence-electron chi connectivity index (χ1n) is 5.71. The van der Waals surface area contributed by atoms with E-state index in [1.54, 1.807) is 0 Å². The molecule has 1 rings (SSSR count). The summed E-state index contributed by atoms with van der Waals surface area (Å²) in [6.07, 6.45) is 1.06. The molecule has 0 saturated heterocycles. The molecule has 3 heteroatoms. The van der Waals surface area contributed by atoms with Gasteiger partial charge in [-0.25, -0.2) is 0 Å². The minimum Gasteiger partial charge on any atom is -0.323 e. The second kappa shape index (κ2) is 6.26. The molecule has 1 aromatic rings. The van der Waals surface area contributed by atoms with E-state index in [1.165, 1.54) is 9.75 Å². The predicted octanol–water partition coefficient (Wildman–Crippen LogP) is 2.79. The van der Waals surface area contributed by atoms with Crippen LogP contribution in [0.15, 0.2) is 12.1 Å². The van der Waals surface area contributed by atoms with Gasteiger partial charge in [0, 0.05) is 15.8 Å². The van der Waals surface area contributed by atoms with Crippen LogP contribution in [0.25, 0.3) is 0 Å². The van der Waals surface area contributed by atoms with E-state index < -0.39 is 0 Å². The van der Waals surface area contributed by atoms with Gasteiger partial charge >= 0.3 is 0 Å². The Morgan fingerprint density at radius 2 is 2.00 bits per heavy atom. The Bertz CT molecular complexity index is 279. The first-order valence-corrected chi connectivity index (χ1v) is 6.53. The Labute approximate surface area is 97.1 Å². The van der Waals surface area contributed by atoms with Gasteiger partial charge in [0.25, 0.3) is 0 Å². The third-order valence-corrected chi connectivity index (χ3v) is 3.91. The molecule has 0 aliphatic heterocycles. The summed E-state index contributed by atoms with van der Waals surface area (Å²) >= 11 is 1.82. The maximum absolute atomic E-state index is 6.15. The lowest BCUT2D eigenvalue weighted by Gasteiger charge is -2.19. The summed E-state index contributed by atoms with van der Waals surface area (Å²) in [6.45, 7) is 9.87. The van der Waals surface area contributed by atoms with E-state index in [0.29, 0.717) is 0 Å². The highest BCUT2D eigenvalue weighted by molar-refractivity contribution is 7.12. The van der Waals surface area contributed by atoms with E-state index in [2.05, 4.69) is 37.8 Å². The van der Waals surface area contributed by atoms with Crippen LogP contribution in [0, 0.1) is 6.92 Å². The molecule has 0 aromatic carbocycles. The number of nitrogens with zero attached hydrogens (tertiary/aromatic N) is 1. The molecule has 0 fully saturated rings. The van der Waals surface area contributed by atoms with Crippen molar-refractivity contribution < 1.29 is 0 Å². The van der Waals surface area contributed by atoms with Crippen LogP contribution in [-0.2, 0) is 0 Å². The smallest absolute Gasteiger partial charge is 0.0402 e. The van der Waals surface area contributed by atoms with Gasteiger partial charge in [0.15, 0.2) is 0 Å². The highest BCUT2D eigenvalue weighted by Crippen LogP contribution is 2.23. The lowest BCUT2D eigenvalue weighted by molar-refractivity contribution is 0.291. The fourth-order valence-corrected chi connectivity index (χ4v) is 2.57. The van der Waals surface area contributed by atoms with Crippen molar-refractivity contribution in [2.24, 2.45) is 5.73 Å². The summed E-state index contributed by atoms with van der Waals surface area (Å²) in [7, 11) is 0. The lowest BCUT2D eigenvalue weighted by atomic mass is 10.2. The Kier molecular flexibility index (Phi) is 5.29. The monoisotopic (exact) mass is 226 g/mol. The number of aryl methyl sites for hydroxylation is 1. The second-order valence-corrected chi connectivity index (χ2v) is 5.19. The highest BCUT2D eigenvalue weighted by Gasteiger charge is 2.09. The van der Waals surface area contributed by atoms with Crippen molar-refractivity contribution in [1.29, 1.82) is 0 Å². The van der Waals surface area contributed by atoms with Gasteiger partial charge in [-0.05, 0) is 45.1 Å². The van der Waals surface area contributed by atoms with E-state index in [4.69, 9.17) is 5.73 Å². The molecule has 0 amide bonds. The van der Waals surface area contributed by atoms with E-state index >= 15 is 0 Å². The minimum absolute atomic E-state index is 0.212. The molecule has 1 heterocycles. The van der Waals surface area contributed by atoms with Crippen LogP contribution >= 0.6 is 11.3 Å². The van der Waals surface area contributed by atoms with Gasteiger partial charge in [0.2, 0.25) is 0 Å². The summed E-state index contributed by atoms with van der Waals surface area (Å²) in [4.78, 5) is 5.09. The predicted molar refractivity (Wildman–Crippen MR) is 68.4 cm³/mol. The maximum atomic E-state index is 6.15. The normalized spacial score (nSPS) is 13.4. The minimum atomic E-state index is 0.212. The van der Waals surface area contributed by atoms with Crippen LogP contribution in [-0.4, -0.2) is 24.5 Å². The van der Waals surface area contributed by atoms with E-state index in [-0.39, 0.29) is 6.04 Å². The van der Waals surface area contributed by atoms with Crippen molar-refractivity contribution in [3.05, 3.63) is 21.9 Å². The largest absolute Gasteiger partial charge is 0.323 e. The molecule has 0 radical (unpaired) electrons. The van der Waals surface area contributed by atoms with Crippen LogP contribution in [0.3, 0.4) is 0 Å². The number of hydrogen-bond acceptors (Lipinski definition) is 3. The topological polar surface area (TPSA) is 29.3 Å². The van der Waals surface area contributed by atoms with Gasteiger partial charge in [0.1, 0.15) is 0 Å². The zero-order chi connectivity index (χ0) is 11.3. The summed E-state index contributed by atoms with van der Waals surface area (Å²) in [5, 5.41) is 0. The van der Waals surface area contributed by atoms with Gasteiger partial charge in [-0.15, -0.1) is 11.3 Å². The van der Waals surface area contributed by atoms with Crippen molar-refractivity contribution in [2.45, 2.75) is 33.2 Å². The van der Waals surface area contributed by atoms with Gasteiger partial charge in [-0.2, -0.15) is 0 Å². The highest BCUT2D eigenvalue weighted by atomic mass is 32.1. The molecule has 2 N–H and O–H groups in total. The zero-order valence-electron chi connectivity index (χ0n) is 9.99. The molecular formula is C12H22N2S. The summed E-state index contributed by atoms with van der Waals surface area (Å²) in [6, 6.07) is 4.52. The summed E-state index contributed by atoms with van der Waals surface area (Å²) < 4.78 is 0. The second-order valence-electron chi connectivity index (χ2n) is 3.87. The van der Waals surface area contributed by atoms with Crippen LogP contribution in [0.1, 0.15) is 36.1 Å². The number of thiophene rings is 1. The number of hydrogen-bond donors (Lipinski definition) is 1. The maximum Gasteiger partial charge on any atom is 0.0402 e. The van der Waals surface area contributed by atoms with Crippen LogP contribution in [0.2, 0.25) is 0 Å². The van der Waals surface area contributed by atoms with Crippen molar-refractivity contribution in [3.8, 4) is 0 Å². The van der Waals surface area contributed by atoms with Crippen molar-refractivity contribution in [3.63, 3.8) is 0 Å². The Morgan fingerprint density at radius 3 is 2.47 bits per heavy atom. The summed E-state index contributed by atoms with van der Waals surface area (Å²) in [5.74, 6) is 0. The molecule has 1 unspecified atom stereocenters. The van der Waals surface area contributed by atoms with Gasteiger partial charge in [-0.1, -0.05) is 13.8 Å². The molecule has 2 nitrogen and oxygen atoms in total. The van der Waals surface area contributed by atoms with Crippen LogP contribution in [0.5, 0.6) is 0 Å². The number of rotatable bonds is 6. The van der Waals surface area contributed by atoms with Crippen molar-refractivity contribution >= 4 is 11.3 Å². The standard InChI is InChI=1S/C12H22N2S/c1-4-14(5-2)9-8-11(13)12-7-6-10(3)15-12/h6-7,11H,4-5,8-9,13H2,1-3H3. The van der Waals surface area contributed by atoms with Crippen LogP contribution < -0.4 is 5.73 Å². The quantitative estimate of drug-likeness (QED) is 0.808. The van der Waals surface area contributed by atoms with E-state index in [0.717, 1.165) is 26.1 Å². The molecule has 0 aliphatic carbocycles. The Morgan fingerprint density at radius 1 is 1.33 bits per heavy atom. The van der Waals surface area contributed by atoms with Gasteiger partial charge in [-0.3, -0.25) is 0 Å². The molecule has 0 aliphatic rings. The Hall–Kier alpha value is -0.380. The average molecular weight is 226 g/mol. The first-order chi connectivity index (χ1) is 7.17. The molecule has 0 saturated carbocycles. The third kappa shape index (κ3) is 3.93. The van der Waals surface area contributed by atoms with Gasteiger partial charge in [0.05, 0.1) is 0 Å². The fraction of sp³-hybridized carbons (Fsp3) is 0.667. The Balaban J connectivity index is 2.39. The van der Waals surface area contributed by atoms with Crippen molar-refractivity contribution in [1.82, 2.24) is 4.90 Å². The zero-order valence-corrected chi connectivity index (χ0v) is 10.8. The molecule has 0 spiro atoms. The molecule has 1 aromatic heterocycles. The van der Waals surface area contributed by atoms with Gasteiger partial charge < -0.3 is 10.6 Å². The third-order valence-electron chi connectivity index (χ3n) is 2.78. The first kappa shape index (κ1) is 12.7. The lowest BCUT2D eigenvalue weighted by Crippen LogP contribution is -2.26. The molecule has 15 heavy (non-hydrogen) atoms. The van der Waals surface area contributed by atoms with Crippen LogP contribution in [0.4, 0.5) is 0 Å². The van der Waals surface area contributed by atoms with Crippen molar-refractivity contribution in [2.75, 3.05) is 19.6 Å². The van der Waals surface area contributed by atoms with E-state index in [1.807, 2.05) is 11.3 Å².